The first-order valence-corrected chi connectivity index (χ1v) is 8.95. The topological polar surface area (TPSA) is 50.7 Å². The van der Waals surface area contributed by atoms with Crippen molar-refractivity contribution < 1.29 is 9.47 Å². The molecule has 1 saturated heterocycles. The Morgan fingerprint density at radius 1 is 1.25 bits per heavy atom. The van der Waals surface area contributed by atoms with Gasteiger partial charge in [0.05, 0.1) is 20.3 Å². The van der Waals surface area contributed by atoms with E-state index in [2.05, 4.69) is 45.3 Å². The van der Waals surface area contributed by atoms with Crippen molar-refractivity contribution in [2.24, 2.45) is 0 Å². The number of aryl methyl sites for hydroxylation is 1. The lowest BCUT2D eigenvalue weighted by Crippen LogP contribution is -2.34. The highest BCUT2D eigenvalue weighted by Crippen LogP contribution is 2.32. The summed E-state index contributed by atoms with van der Waals surface area (Å²) in [4.78, 5) is 9.23. The second-order valence-electron chi connectivity index (χ2n) is 5.92. The van der Waals surface area contributed by atoms with Gasteiger partial charge in [0.2, 0.25) is 5.13 Å². The molecule has 1 atom stereocenters. The summed E-state index contributed by atoms with van der Waals surface area (Å²) < 4.78 is 15.2. The fourth-order valence-corrected chi connectivity index (χ4v) is 3.74. The van der Waals surface area contributed by atoms with Gasteiger partial charge in [-0.3, -0.25) is 0 Å². The zero-order valence-electron chi connectivity index (χ0n) is 14.7. The number of hydrogen-bond donors (Lipinski definition) is 0. The van der Waals surface area contributed by atoms with Crippen LogP contribution in [0.3, 0.4) is 0 Å². The molecule has 0 spiro atoms. The maximum Gasteiger partial charge on any atom is 0.205 e. The van der Waals surface area contributed by atoms with Gasteiger partial charge in [-0.15, -0.1) is 0 Å². The quantitative estimate of drug-likeness (QED) is 0.800. The summed E-state index contributed by atoms with van der Waals surface area (Å²) in [5, 5.41) is 1.00. The van der Waals surface area contributed by atoms with Crippen LogP contribution in [0.25, 0.3) is 0 Å². The van der Waals surface area contributed by atoms with E-state index < -0.39 is 0 Å². The van der Waals surface area contributed by atoms with Gasteiger partial charge in [-0.2, -0.15) is 4.37 Å². The molecule has 0 aliphatic carbocycles. The standard InChI is InChI=1S/C17H24N4O2S/c1-5-16-18-17(24-19-16)20(2)12-6-7-21(11-12)13-8-14(22-3)10-15(9-13)23-4/h8-10,12H,5-7,11H2,1-4H3. The average Bonchev–Trinajstić information content (AvgIpc) is 3.30. The van der Waals surface area contributed by atoms with Gasteiger partial charge in [0.25, 0.3) is 0 Å². The van der Waals surface area contributed by atoms with Crippen molar-refractivity contribution in [3.8, 4) is 11.5 Å². The highest BCUT2D eigenvalue weighted by atomic mass is 32.1. The number of nitrogens with zero attached hydrogens (tertiary/aromatic N) is 4. The predicted octanol–water partition coefficient (Wildman–Crippen LogP) is 2.83. The van der Waals surface area contributed by atoms with Crippen molar-refractivity contribution >= 4 is 22.4 Å². The Bertz CT molecular complexity index is 669. The summed E-state index contributed by atoms with van der Waals surface area (Å²) in [6, 6.07) is 6.45. The molecule has 0 radical (unpaired) electrons. The van der Waals surface area contributed by atoms with E-state index in [1.54, 1.807) is 14.2 Å². The van der Waals surface area contributed by atoms with Crippen molar-refractivity contribution in [3.05, 3.63) is 24.0 Å². The van der Waals surface area contributed by atoms with Gasteiger partial charge in [-0.25, -0.2) is 4.98 Å². The Labute approximate surface area is 147 Å². The Balaban J connectivity index is 1.73. The van der Waals surface area contributed by atoms with Crippen LogP contribution in [0.15, 0.2) is 18.2 Å². The lowest BCUT2D eigenvalue weighted by Gasteiger charge is -2.25. The van der Waals surface area contributed by atoms with Gasteiger partial charge in [-0.05, 0) is 6.42 Å². The third-order valence-corrected chi connectivity index (χ3v) is 5.33. The van der Waals surface area contributed by atoms with Gasteiger partial charge >= 0.3 is 0 Å². The normalized spacial score (nSPS) is 17.2. The van der Waals surface area contributed by atoms with Gasteiger partial charge in [0, 0.05) is 62.0 Å². The number of anilines is 2. The van der Waals surface area contributed by atoms with Crippen LogP contribution < -0.4 is 19.3 Å². The number of aromatic nitrogens is 2. The summed E-state index contributed by atoms with van der Waals surface area (Å²) in [7, 11) is 5.47. The molecule has 7 heteroatoms. The molecule has 0 N–H and O–H groups in total. The highest BCUT2D eigenvalue weighted by molar-refractivity contribution is 7.09. The van der Waals surface area contributed by atoms with E-state index in [1.807, 2.05) is 6.07 Å². The third-order valence-electron chi connectivity index (χ3n) is 4.49. The Kier molecular flexibility index (Phi) is 5.08. The molecule has 2 aromatic rings. The largest absolute Gasteiger partial charge is 0.497 e. The molecular weight excluding hydrogens is 324 g/mol. The maximum atomic E-state index is 5.38. The molecule has 1 aliphatic rings. The minimum atomic E-state index is 0.430. The number of ether oxygens (including phenoxy) is 2. The van der Waals surface area contributed by atoms with E-state index in [4.69, 9.17) is 9.47 Å². The van der Waals surface area contributed by atoms with Crippen molar-refractivity contribution in [3.63, 3.8) is 0 Å². The first-order valence-electron chi connectivity index (χ1n) is 8.18. The molecule has 3 rings (SSSR count). The van der Waals surface area contributed by atoms with E-state index >= 15 is 0 Å². The molecule has 0 bridgehead atoms. The molecule has 1 aromatic carbocycles. The number of rotatable bonds is 6. The summed E-state index contributed by atoms with van der Waals surface area (Å²) >= 11 is 1.48. The fourth-order valence-electron chi connectivity index (χ4n) is 2.96. The molecule has 130 valence electrons. The number of benzene rings is 1. The second-order valence-corrected chi connectivity index (χ2v) is 6.65. The molecule has 1 aromatic heterocycles. The maximum absolute atomic E-state index is 5.38. The van der Waals surface area contributed by atoms with Crippen LogP contribution in [0, 0.1) is 0 Å². The highest BCUT2D eigenvalue weighted by Gasteiger charge is 2.28. The van der Waals surface area contributed by atoms with E-state index in [-0.39, 0.29) is 0 Å². The van der Waals surface area contributed by atoms with Crippen molar-refractivity contribution in [2.75, 3.05) is 44.2 Å². The first kappa shape index (κ1) is 16.8. The zero-order chi connectivity index (χ0) is 17.1. The third kappa shape index (κ3) is 3.40. The molecule has 1 aliphatic heterocycles. The van der Waals surface area contributed by atoms with Gasteiger partial charge < -0.3 is 19.3 Å². The smallest absolute Gasteiger partial charge is 0.205 e. The van der Waals surface area contributed by atoms with Gasteiger partial charge in [0.15, 0.2) is 0 Å². The monoisotopic (exact) mass is 348 g/mol. The van der Waals surface area contributed by atoms with E-state index in [1.165, 1.54) is 11.5 Å². The fraction of sp³-hybridized carbons (Fsp3) is 0.529. The number of hydrogen-bond acceptors (Lipinski definition) is 7. The minimum Gasteiger partial charge on any atom is -0.497 e. The summed E-state index contributed by atoms with van der Waals surface area (Å²) in [5.41, 5.74) is 1.13. The number of methoxy groups -OCH3 is 2. The summed E-state index contributed by atoms with van der Waals surface area (Å²) in [5.74, 6) is 2.56. The Morgan fingerprint density at radius 2 is 1.96 bits per heavy atom. The second kappa shape index (κ2) is 7.25. The lowest BCUT2D eigenvalue weighted by molar-refractivity contribution is 0.394. The molecular formula is C17H24N4O2S. The van der Waals surface area contributed by atoms with Crippen LogP contribution in [0.1, 0.15) is 19.2 Å². The van der Waals surface area contributed by atoms with Crippen molar-refractivity contribution in [1.29, 1.82) is 0 Å². The lowest BCUT2D eigenvalue weighted by atomic mass is 10.2. The SMILES string of the molecule is CCc1nsc(N(C)C2CCN(c3cc(OC)cc(OC)c3)C2)n1. The average molecular weight is 348 g/mol. The van der Waals surface area contributed by atoms with Gasteiger partial charge in [-0.1, -0.05) is 6.92 Å². The first-order chi connectivity index (χ1) is 11.6. The van der Waals surface area contributed by atoms with Crippen LogP contribution in [-0.4, -0.2) is 49.8 Å². The van der Waals surface area contributed by atoms with E-state index in [9.17, 15) is 0 Å². The molecule has 1 unspecified atom stereocenters. The minimum absolute atomic E-state index is 0.430. The molecule has 0 amide bonds. The van der Waals surface area contributed by atoms with Gasteiger partial charge in [0.1, 0.15) is 17.3 Å². The molecule has 24 heavy (non-hydrogen) atoms. The van der Waals surface area contributed by atoms with E-state index in [0.29, 0.717) is 6.04 Å². The molecule has 1 fully saturated rings. The predicted molar refractivity (Wildman–Crippen MR) is 97.9 cm³/mol. The molecule has 0 saturated carbocycles. The van der Waals surface area contributed by atoms with Crippen molar-refractivity contribution in [1.82, 2.24) is 9.36 Å². The van der Waals surface area contributed by atoms with Crippen LogP contribution in [-0.2, 0) is 6.42 Å². The number of likely N-dealkylation sites (N-methyl/N-ethyl adjacent to an activating group) is 1. The Morgan fingerprint density at radius 3 is 2.54 bits per heavy atom. The van der Waals surface area contributed by atoms with Crippen molar-refractivity contribution in [2.45, 2.75) is 25.8 Å². The molecule has 6 nitrogen and oxygen atoms in total. The van der Waals surface area contributed by atoms with Crippen LogP contribution in [0.5, 0.6) is 11.5 Å². The van der Waals surface area contributed by atoms with Crippen LogP contribution in [0.2, 0.25) is 0 Å². The molecule has 2 heterocycles. The van der Waals surface area contributed by atoms with Crippen LogP contribution >= 0.6 is 11.5 Å². The summed E-state index contributed by atoms with van der Waals surface area (Å²) in [6.07, 6.45) is 1.97. The van der Waals surface area contributed by atoms with E-state index in [0.717, 1.165) is 54.1 Å². The zero-order valence-corrected chi connectivity index (χ0v) is 15.5. The van der Waals surface area contributed by atoms with Crippen LogP contribution in [0.4, 0.5) is 10.8 Å². The summed E-state index contributed by atoms with van der Waals surface area (Å²) in [6.45, 7) is 4.04. The Hall–Kier alpha value is -2.02.